The first kappa shape index (κ1) is 7.93. The third-order valence-electron chi connectivity index (χ3n) is 1.08. The van der Waals surface area contributed by atoms with E-state index < -0.39 is 0 Å². The number of H-pyrrole nitrogens is 1. The first-order valence-corrected chi connectivity index (χ1v) is 3.97. The van der Waals surface area contributed by atoms with Gasteiger partial charge in [-0.3, -0.25) is 12.6 Å². The Kier molecular flexibility index (Phi) is 2.24. The molecule has 0 aliphatic rings. The van der Waals surface area contributed by atoms with E-state index in [1.165, 1.54) is 0 Å². The topological polar surface area (TPSA) is 37.8 Å². The zero-order valence-electron chi connectivity index (χ0n) is 5.22. The summed E-state index contributed by atoms with van der Waals surface area (Å²) in [5.74, 6) is 0. The number of aryl methyl sites for hydroxylation is 1. The van der Waals surface area contributed by atoms with Gasteiger partial charge in [-0.1, -0.05) is 0 Å². The summed E-state index contributed by atoms with van der Waals surface area (Å²) >= 11 is 6.81. The SMILES string of the molecule is Cc1cn(I)c(=S)[nH]c1=O. The lowest BCUT2D eigenvalue weighted by Crippen LogP contribution is -2.11. The van der Waals surface area contributed by atoms with Crippen molar-refractivity contribution in [2.75, 3.05) is 0 Å². The van der Waals surface area contributed by atoms with Crippen LogP contribution in [0.15, 0.2) is 11.0 Å². The molecule has 0 atom stereocenters. The van der Waals surface area contributed by atoms with Crippen LogP contribution in [0.2, 0.25) is 0 Å². The van der Waals surface area contributed by atoms with E-state index in [1.807, 2.05) is 22.9 Å². The van der Waals surface area contributed by atoms with Gasteiger partial charge in [0.05, 0.1) is 22.9 Å². The second-order valence-corrected chi connectivity index (χ2v) is 3.31. The van der Waals surface area contributed by atoms with Crippen molar-refractivity contribution in [1.82, 2.24) is 7.76 Å². The Bertz CT molecular complexity index is 322. The third kappa shape index (κ3) is 1.46. The Morgan fingerprint density at radius 3 is 2.90 bits per heavy atom. The lowest BCUT2D eigenvalue weighted by molar-refractivity contribution is 1.03. The summed E-state index contributed by atoms with van der Waals surface area (Å²) in [5, 5.41) is 0. The fourth-order valence-electron chi connectivity index (χ4n) is 0.536. The highest BCUT2D eigenvalue weighted by atomic mass is 127. The summed E-state index contributed by atoms with van der Waals surface area (Å²) in [6.45, 7) is 1.74. The molecule has 1 aromatic rings. The molecule has 0 spiro atoms. The molecule has 0 aliphatic heterocycles. The fourth-order valence-corrected chi connectivity index (χ4v) is 1.22. The molecule has 1 heterocycles. The Hall–Kier alpha value is -0.170. The zero-order chi connectivity index (χ0) is 7.72. The van der Waals surface area contributed by atoms with Gasteiger partial charge < -0.3 is 0 Å². The molecule has 0 radical (unpaired) electrons. The van der Waals surface area contributed by atoms with Gasteiger partial charge in [0.15, 0.2) is 4.77 Å². The number of aromatic nitrogens is 2. The average Bonchev–Trinajstić information content (AvgIpc) is 1.84. The molecule has 3 nitrogen and oxygen atoms in total. The normalized spacial score (nSPS) is 9.80. The summed E-state index contributed by atoms with van der Waals surface area (Å²) in [5.41, 5.74) is 0.556. The zero-order valence-corrected chi connectivity index (χ0v) is 8.19. The highest BCUT2D eigenvalue weighted by Gasteiger charge is 1.92. The molecule has 0 fully saturated rings. The quantitative estimate of drug-likeness (QED) is 0.570. The Morgan fingerprint density at radius 2 is 2.40 bits per heavy atom. The molecule has 0 saturated carbocycles. The minimum atomic E-state index is -0.113. The largest absolute Gasteiger partial charge is 0.298 e. The van der Waals surface area contributed by atoms with Gasteiger partial charge in [0.1, 0.15) is 0 Å². The Balaban J connectivity index is 3.59. The van der Waals surface area contributed by atoms with Crippen LogP contribution in [0.3, 0.4) is 0 Å². The van der Waals surface area contributed by atoms with Gasteiger partial charge in [0.2, 0.25) is 0 Å². The molecule has 0 aliphatic carbocycles. The van der Waals surface area contributed by atoms with Crippen molar-refractivity contribution in [3.05, 3.63) is 26.9 Å². The van der Waals surface area contributed by atoms with Crippen LogP contribution < -0.4 is 5.56 Å². The smallest absolute Gasteiger partial charge is 0.254 e. The second-order valence-electron chi connectivity index (χ2n) is 1.88. The number of rotatable bonds is 0. The number of nitrogens with zero attached hydrogens (tertiary/aromatic N) is 1. The van der Waals surface area contributed by atoms with Crippen molar-refractivity contribution in [3.8, 4) is 0 Å². The van der Waals surface area contributed by atoms with Crippen LogP contribution in [0.25, 0.3) is 0 Å². The maximum Gasteiger partial charge on any atom is 0.254 e. The number of halogens is 1. The van der Waals surface area contributed by atoms with E-state index >= 15 is 0 Å². The molecule has 0 saturated heterocycles. The molecule has 5 heteroatoms. The van der Waals surface area contributed by atoms with Crippen molar-refractivity contribution in [2.24, 2.45) is 0 Å². The Labute approximate surface area is 76.6 Å². The van der Waals surface area contributed by atoms with Gasteiger partial charge in [-0.25, -0.2) is 0 Å². The van der Waals surface area contributed by atoms with Crippen LogP contribution in [0.4, 0.5) is 0 Å². The second kappa shape index (κ2) is 2.83. The summed E-state index contributed by atoms with van der Waals surface area (Å²) in [7, 11) is 0. The Morgan fingerprint density at radius 1 is 1.80 bits per heavy atom. The minimum absolute atomic E-state index is 0.113. The highest BCUT2D eigenvalue weighted by Crippen LogP contribution is 1.95. The third-order valence-corrected chi connectivity index (χ3v) is 2.47. The minimum Gasteiger partial charge on any atom is -0.298 e. The number of aromatic amines is 1. The summed E-state index contributed by atoms with van der Waals surface area (Å²) in [6, 6.07) is 0. The van der Waals surface area contributed by atoms with E-state index in [9.17, 15) is 4.79 Å². The number of hydrogen-bond donors (Lipinski definition) is 1. The van der Waals surface area contributed by atoms with Crippen molar-refractivity contribution in [3.63, 3.8) is 0 Å². The number of hydrogen-bond acceptors (Lipinski definition) is 2. The maximum atomic E-state index is 10.9. The van der Waals surface area contributed by atoms with Crippen molar-refractivity contribution >= 4 is 35.1 Å². The molecule has 1 N–H and O–H groups in total. The van der Waals surface area contributed by atoms with E-state index in [-0.39, 0.29) is 5.56 Å². The summed E-state index contributed by atoms with van der Waals surface area (Å²) in [6.07, 6.45) is 1.70. The lowest BCUT2D eigenvalue weighted by atomic mass is 10.4. The van der Waals surface area contributed by atoms with Gasteiger partial charge in [-0.05, 0) is 19.1 Å². The lowest BCUT2D eigenvalue weighted by Gasteiger charge is -1.94. The van der Waals surface area contributed by atoms with Crippen molar-refractivity contribution in [2.45, 2.75) is 6.92 Å². The molecule has 1 aromatic heterocycles. The van der Waals surface area contributed by atoms with Gasteiger partial charge in [0.25, 0.3) is 5.56 Å². The summed E-state index contributed by atoms with van der Waals surface area (Å²) < 4.78 is 2.11. The van der Waals surface area contributed by atoms with Crippen LogP contribution in [0.5, 0.6) is 0 Å². The standard InChI is InChI=1S/C5H5IN2OS/c1-3-2-8(6)5(10)7-4(3)9/h2H,1H3,(H,7,9,10). The van der Waals surface area contributed by atoms with Crippen molar-refractivity contribution in [1.29, 1.82) is 0 Å². The highest BCUT2D eigenvalue weighted by molar-refractivity contribution is 14.1. The van der Waals surface area contributed by atoms with Gasteiger partial charge in [-0.15, -0.1) is 0 Å². The molecule has 1 rings (SSSR count). The molecular weight excluding hydrogens is 263 g/mol. The molecule has 0 amide bonds. The van der Waals surface area contributed by atoms with Crippen LogP contribution >= 0.6 is 35.1 Å². The molecule has 0 unspecified atom stereocenters. The number of nitrogens with one attached hydrogen (secondary N) is 1. The molecule has 10 heavy (non-hydrogen) atoms. The predicted octanol–water partition coefficient (Wildman–Crippen LogP) is 1.41. The maximum absolute atomic E-state index is 10.9. The van der Waals surface area contributed by atoms with Gasteiger partial charge in [0, 0.05) is 11.8 Å². The molecule has 0 aromatic carbocycles. The molecular formula is C5H5IN2OS. The van der Waals surface area contributed by atoms with Crippen LogP contribution in [0.1, 0.15) is 5.56 Å². The first-order chi connectivity index (χ1) is 4.61. The van der Waals surface area contributed by atoms with E-state index in [1.54, 1.807) is 15.9 Å². The van der Waals surface area contributed by atoms with Gasteiger partial charge >= 0.3 is 0 Å². The fraction of sp³-hybridized carbons (Fsp3) is 0.200. The van der Waals surface area contributed by atoms with Crippen LogP contribution in [-0.2, 0) is 0 Å². The molecule has 54 valence electrons. The van der Waals surface area contributed by atoms with E-state index in [4.69, 9.17) is 12.2 Å². The monoisotopic (exact) mass is 268 g/mol. The first-order valence-electron chi connectivity index (χ1n) is 2.60. The van der Waals surface area contributed by atoms with E-state index in [2.05, 4.69) is 4.98 Å². The average molecular weight is 268 g/mol. The van der Waals surface area contributed by atoms with Crippen LogP contribution in [0, 0.1) is 11.7 Å². The summed E-state index contributed by atoms with van der Waals surface area (Å²) in [4.78, 5) is 13.4. The molecule has 0 bridgehead atoms. The van der Waals surface area contributed by atoms with Crippen molar-refractivity contribution < 1.29 is 0 Å². The van der Waals surface area contributed by atoms with E-state index in [0.717, 1.165) is 0 Å². The predicted molar refractivity (Wildman–Crippen MR) is 50.0 cm³/mol. The van der Waals surface area contributed by atoms with Crippen LogP contribution in [-0.4, -0.2) is 7.76 Å². The van der Waals surface area contributed by atoms with Gasteiger partial charge in [-0.2, -0.15) is 0 Å². The van der Waals surface area contributed by atoms with E-state index in [0.29, 0.717) is 10.3 Å².